The van der Waals surface area contributed by atoms with E-state index in [2.05, 4.69) is 253 Å². The molecular weight excluding hydrogens is 787 g/mol. The molecule has 12 rings (SSSR count). The fraction of sp³-hybridized carbons (Fsp3) is 0.0323. The summed E-state index contributed by atoms with van der Waals surface area (Å²) < 4.78 is 0. The van der Waals surface area contributed by atoms with E-state index in [9.17, 15) is 0 Å². The highest BCUT2D eigenvalue weighted by molar-refractivity contribution is 6.13. The molecule has 0 bridgehead atoms. The first kappa shape index (κ1) is 38.3. The Hall–Kier alpha value is -8.40. The molecule has 2 N–H and O–H groups in total. The number of hydrogen-bond acceptors (Lipinski definition) is 2. The minimum Gasteiger partial charge on any atom is -0.247 e. The first-order valence-electron chi connectivity index (χ1n) is 22.4. The second-order valence-electron chi connectivity index (χ2n) is 16.9. The molecule has 0 fully saturated rings. The van der Waals surface area contributed by atoms with Crippen molar-refractivity contribution in [2.24, 2.45) is 4.99 Å². The van der Waals surface area contributed by atoms with Gasteiger partial charge in [-0.25, -0.2) is 10.3 Å². The molecule has 0 saturated heterocycles. The summed E-state index contributed by atoms with van der Waals surface area (Å²) in [6.07, 6.45) is -0.311. The largest absolute Gasteiger partial charge is 0.283 e. The number of nitrogens with one attached hydrogen (secondary N) is 2. The molecule has 65 heavy (non-hydrogen) atoms. The molecule has 1 heterocycles. The minimum absolute atomic E-state index is 0.311. The summed E-state index contributed by atoms with van der Waals surface area (Å²) >= 11 is 0. The Morgan fingerprint density at radius 3 is 1.60 bits per heavy atom. The van der Waals surface area contributed by atoms with Crippen LogP contribution < -0.4 is 10.3 Å². The van der Waals surface area contributed by atoms with E-state index in [0.29, 0.717) is 0 Å². The van der Waals surface area contributed by atoms with Crippen molar-refractivity contribution in [1.82, 2.24) is 5.32 Å². The normalized spacial score (nSPS) is 14.7. The van der Waals surface area contributed by atoms with Crippen molar-refractivity contribution < 1.29 is 4.99 Å². The molecule has 0 aromatic heterocycles. The van der Waals surface area contributed by atoms with Crippen LogP contribution in [-0.4, -0.2) is 11.7 Å². The van der Waals surface area contributed by atoms with Gasteiger partial charge in [0.05, 0.1) is 11.0 Å². The third-order valence-electron chi connectivity index (χ3n) is 13.3. The monoisotopic (exact) mass is 830 g/mol. The van der Waals surface area contributed by atoms with Crippen molar-refractivity contribution in [2.45, 2.75) is 11.6 Å². The van der Waals surface area contributed by atoms with Gasteiger partial charge in [0, 0.05) is 11.1 Å². The van der Waals surface area contributed by atoms with Crippen LogP contribution in [0.25, 0.3) is 55.3 Å². The SMILES string of the molecule is c1ccc(C2=[NH+]C(c3ccc(-c4c(-c5cccc6c5-c5ccccc5C6(c5ccccc5)c5ccccc5)ccc5ccccc45)cc3)N=C(c3ccc(-c4ccccc4)cc3)N2)cc1. The van der Waals surface area contributed by atoms with E-state index in [1.807, 2.05) is 6.07 Å². The molecule has 1 aliphatic carbocycles. The third-order valence-corrected chi connectivity index (χ3v) is 13.3. The number of hydrogen-bond donors (Lipinski definition) is 2. The molecule has 3 nitrogen and oxygen atoms in total. The Labute approximate surface area is 379 Å². The van der Waals surface area contributed by atoms with Gasteiger partial charge >= 0.3 is 0 Å². The average molecular weight is 831 g/mol. The second kappa shape index (κ2) is 16.1. The van der Waals surface area contributed by atoms with Gasteiger partial charge in [0.25, 0.3) is 5.84 Å². The maximum atomic E-state index is 5.32. The van der Waals surface area contributed by atoms with Gasteiger partial charge in [-0.2, -0.15) is 4.99 Å². The zero-order valence-electron chi connectivity index (χ0n) is 35.7. The molecule has 10 aromatic carbocycles. The molecule has 2 aliphatic rings. The average Bonchev–Trinajstić information content (AvgIpc) is 3.71. The Morgan fingerprint density at radius 1 is 0.369 bits per heavy atom. The van der Waals surface area contributed by atoms with E-state index in [1.54, 1.807) is 0 Å². The number of aliphatic imine (C=N–C) groups is 1. The Morgan fingerprint density at radius 2 is 0.892 bits per heavy atom. The van der Waals surface area contributed by atoms with Crippen LogP contribution in [0.3, 0.4) is 0 Å². The smallest absolute Gasteiger partial charge is 0.247 e. The van der Waals surface area contributed by atoms with E-state index in [-0.39, 0.29) is 6.17 Å². The first-order chi connectivity index (χ1) is 32.2. The van der Waals surface area contributed by atoms with Gasteiger partial charge < -0.3 is 0 Å². The number of nitrogens with zero attached hydrogens (tertiary/aromatic N) is 1. The summed E-state index contributed by atoms with van der Waals surface area (Å²) in [7, 11) is 0. The predicted molar refractivity (Wildman–Crippen MR) is 268 cm³/mol. The molecule has 306 valence electrons. The van der Waals surface area contributed by atoms with Crippen molar-refractivity contribution in [3.05, 3.63) is 288 Å². The lowest BCUT2D eigenvalue weighted by atomic mass is 9.67. The van der Waals surface area contributed by atoms with Crippen LogP contribution in [0.4, 0.5) is 0 Å². The Bertz CT molecular complexity index is 3370. The van der Waals surface area contributed by atoms with Crippen LogP contribution in [0.15, 0.2) is 254 Å². The van der Waals surface area contributed by atoms with Crippen LogP contribution in [0.1, 0.15) is 45.1 Å². The second-order valence-corrected chi connectivity index (χ2v) is 16.9. The fourth-order valence-corrected chi connectivity index (χ4v) is 10.4. The number of fused-ring (bicyclic) bond motifs is 4. The molecule has 0 spiro atoms. The van der Waals surface area contributed by atoms with Crippen molar-refractivity contribution in [3.63, 3.8) is 0 Å². The summed E-state index contributed by atoms with van der Waals surface area (Å²) in [5, 5.41) is 6.07. The third kappa shape index (κ3) is 6.51. The van der Waals surface area contributed by atoms with E-state index in [4.69, 9.17) is 4.99 Å². The van der Waals surface area contributed by atoms with Crippen molar-refractivity contribution >= 4 is 22.4 Å². The summed E-state index contributed by atoms with van der Waals surface area (Å²) in [5.41, 5.74) is 17.6. The fourth-order valence-electron chi connectivity index (χ4n) is 10.4. The molecule has 0 saturated carbocycles. The quantitative estimate of drug-likeness (QED) is 0.157. The standard InChI is InChI=1S/C62H43N3/c1-5-18-42(19-6-1)43-32-36-47(37-33-43)60-63-59(46-21-7-2-8-22-46)64-61(65-60)48-38-34-45(35-39-48)57-51-27-14-13-20-44(51)40-41-53(57)52-29-17-31-56-58(52)54-28-15-16-30-55(54)62(56,49-23-9-3-10-24-49)50-25-11-4-12-26-50/h1-41,61H,(H,63,64,65)/p+1. The van der Waals surface area contributed by atoms with E-state index in [0.717, 1.165) is 33.9 Å². The molecule has 1 unspecified atom stereocenters. The van der Waals surface area contributed by atoms with Gasteiger partial charge in [0.2, 0.25) is 12.0 Å². The molecule has 0 amide bonds. The van der Waals surface area contributed by atoms with Gasteiger partial charge in [0.15, 0.2) is 0 Å². The van der Waals surface area contributed by atoms with Gasteiger partial charge in [0.1, 0.15) is 0 Å². The van der Waals surface area contributed by atoms with Crippen molar-refractivity contribution in [2.75, 3.05) is 0 Å². The van der Waals surface area contributed by atoms with Crippen LogP contribution in [0, 0.1) is 0 Å². The zero-order chi connectivity index (χ0) is 43.2. The highest BCUT2D eigenvalue weighted by atomic mass is 15.2. The highest BCUT2D eigenvalue weighted by Crippen LogP contribution is 2.59. The van der Waals surface area contributed by atoms with Gasteiger partial charge in [-0.15, -0.1) is 0 Å². The van der Waals surface area contributed by atoms with Crippen LogP contribution in [-0.2, 0) is 5.41 Å². The van der Waals surface area contributed by atoms with E-state index < -0.39 is 5.41 Å². The number of benzene rings is 10. The predicted octanol–water partition coefficient (Wildman–Crippen LogP) is 12.8. The number of rotatable bonds is 8. The molecule has 10 aromatic rings. The minimum atomic E-state index is -0.482. The Kier molecular flexibility index (Phi) is 9.46. The van der Waals surface area contributed by atoms with E-state index >= 15 is 0 Å². The van der Waals surface area contributed by atoms with Gasteiger partial charge in [-0.3, -0.25) is 0 Å². The summed E-state index contributed by atoms with van der Waals surface area (Å²) in [6.45, 7) is 0. The van der Waals surface area contributed by atoms with Crippen LogP contribution in [0.5, 0.6) is 0 Å². The van der Waals surface area contributed by atoms with Gasteiger partial charge in [-0.1, -0.05) is 224 Å². The maximum Gasteiger partial charge on any atom is 0.283 e. The molecule has 1 atom stereocenters. The number of amidine groups is 2. The summed E-state index contributed by atoms with van der Waals surface area (Å²) in [4.78, 5) is 9.06. The van der Waals surface area contributed by atoms with Crippen LogP contribution >= 0.6 is 0 Å². The topological polar surface area (TPSA) is 38.4 Å². The lowest BCUT2D eigenvalue weighted by molar-refractivity contribution is -0.510. The Balaban J connectivity index is 0.998. The molecule has 3 heteroatoms. The summed E-state index contributed by atoms with van der Waals surface area (Å²) in [6, 6.07) is 90.1. The van der Waals surface area contributed by atoms with Crippen molar-refractivity contribution in [1.29, 1.82) is 0 Å². The lowest BCUT2D eigenvalue weighted by Gasteiger charge is -2.34. The maximum absolute atomic E-state index is 5.32. The summed E-state index contributed by atoms with van der Waals surface area (Å²) in [5.74, 6) is 1.75. The highest BCUT2D eigenvalue weighted by Gasteiger charge is 2.46. The van der Waals surface area contributed by atoms with Crippen molar-refractivity contribution in [3.8, 4) is 44.5 Å². The van der Waals surface area contributed by atoms with Gasteiger partial charge in [-0.05, 0) is 102 Å². The first-order valence-corrected chi connectivity index (χ1v) is 22.4. The zero-order valence-corrected chi connectivity index (χ0v) is 35.7. The van der Waals surface area contributed by atoms with E-state index in [1.165, 1.54) is 72.0 Å². The van der Waals surface area contributed by atoms with Crippen LogP contribution in [0.2, 0.25) is 0 Å². The molecular formula is C62H44N3+. The lowest BCUT2D eigenvalue weighted by Crippen LogP contribution is -2.80. The molecule has 1 aliphatic heterocycles. The molecule has 0 radical (unpaired) electrons.